The van der Waals surface area contributed by atoms with Gasteiger partial charge in [-0.05, 0) is 43.6 Å². The molecule has 3 aliphatic heterocycles. The number of carbonyl (C=O) groups excluding carboxylic acids is 2. The van der Waals surface area contributed by atoms with E-state index in [4.69, 9.17) is 23.7 Å². The molecule has 1 aromatic rings. The summed E-state index contributed by atoms with van der Waals surface area (Å²) in [4.78, 5) is 25.7. The number of hydrogen-bond donors (Lipinski definition) is 1. The molecule has 3 saturated heterocycles. The molecule has 0 saturated carbocycles. The van der Waals surface area contributed by atoms with Gasteiger partial charge < -0.3 is 29.0 Å². The third-order valence-electron chi connectivity index (χ3n) is 5.79. The fourth-order valence-corrected chi connectivity index (χ4v) is 5.10. The SMILES string of the molecule is CC1(C)O[C@H]2[C@@H](O1)[C@@H](CNC1=C(Br)C(=O)c3ccccc3C1=O)O[C@@H]1OC(C)(C)O[C@@H]12. The number of ether oxygens (including phenoxy) is 5. The van der Waals surface area contributed by atoms with Gasteiger partial charge in [0.05, 0.1) is 4.48 Å². The minimum atomic E-state index is -0.808. The second-order valence-electron chi connectivity index (χ2n) is 8.98. The Morgan fingerprint density at radius 2 is 1.45 bits per heavy atom. The van der Waals surface area contributed by atoms with Crippen molar-refractivity contribution in [1.29, 1.82) is 0 Å². The minimum Gasteiger partial charge on any atom is -0.378 e. The largest absolute Gasteiger partial charge is 0.378 e. The van der Waals surface area contributed by atoms with Gasteiger partial charge in [0.1, 0.15) is 30.1 Å². The van der Waals surface area contributed by atoms with E-state index in [0.717, 1.165) is 0 Å². The van der Waals surface area contributed by atoms with Crippen molar-refractivity contribution in [2.75, 3.05) is 6.54 Å². The van der Waals surface area contributed by atoms with Crippen molar-refractivity contribution in [3.8, 4) is 0 Å². The molecule has 8 nitrogen and oxygen atoms in total. The first-order chi connectivity index (χ1) is 14.6. The fraction of sp³-hybridized carbons (Fsp3) is 0.545. The van der Waals surface area contributed by atoms with Crippen molar-refractivity contribution < 1.29 is 33.3 Å². The Hall–Kier alpha value is -1.62. The highest BCUT2D eigenvalue weighted by molar-refractivity contribution is 9.12. The Bertz CT molecular complexity index is 988. The van der Waals surface area contributed by atoms with Crippen LogP contribution in [0.3, 0.4) is 0 Å². The van der Waals surface area contributed by atoms with E-state index in [1.165, 1.54) is 0 Å². The van der Waals surface area contributed by atoms with E-state index in [0.29, 0.717) is 11.1 Å². The maximum Gasteiger partial charge on any atom is 0.210 e. The Labute approximate surface area is 188 Å². The quantitative estimate of drug-likeness (QED) is 0.686. The van der Waals surface area contributed by atoms with Crippen LogP contribution in [-0.4, -0.2) is 60.4 Å². The second kappa shape index (κ2) is 7.19. The molecule has 3 heterocycles. The highest BCUT2D eigenvalue weighted by Crippen LogP contribution is 2.44. The van der Waals surface area contributed by atoms with Crippen LogP contribution < -0.4 is 5.32 Å². The summed E-state index contributed by atoms with van der Waals surface area (Å²) in [5.74, 6) is -2.11. The van der Waals surface area contributed by atoms with Crippen LogP contribution in [0.25, 0.3) is 0 Å². The third kappa shape index (κ3) is 3.57. The molecule has 0 spiro atoms. The molecule has 3 fully saturated rings. The van der Waals surface area contributed by atoms with Crippen molar-refractivity contribution in [2.24, 2.45) is 0 Å². The second-order valence-corrected chi connectivity index (χ2v) is 9.77. The summed E-state index contributed by atoms with van der Waals surface area (Å²) in [6.45, 7) is 7.54. The van der Waals surface area contributed by atoms with Crippen LogP contribution in [0.15, 0.2) is 34.4 Å². The van der Waals surface area contributed by atoms with Gasteiger partial charge in [-0.15, -0.1) is 0 Å². The van der Waals surface area contributed by atoms with Crippen LogP contribution in [-0.2, 0) is 23.7 Å². The van der Waals surface area contributed by atoms with E-state index in [1.54, 1.807) is 24.3 Å². The van der Waals surface area contributed by atoms with Crippen molar-refractivity contribution in [2.45, 2.75) is 70.0 Å². The highest BCUT2D eigenvalue weighted by Gasteiger charge is 2.60. The average molecular weight is 494 g/mol. The van der Waals surface area contributed by atoms with E-state index < -0.39 is 36.2 Å². The fourth-order valence-electron chi connectivity index (χ4n) is 4.56. The maximum absolute atomic E-state index is 13.0. The molecule has 1 aliphatic carbocycles. The van der Waals surface area contributed by atoms with Crippen molar-refractivity contribution in [1.82, 2.24) is 5.32 Å². The number of benzene rings is 1. The van der Waals surface area contributed by atoms with Crippen LogP contribution in [0.5, 0.6) is 0 Å². The molecule has 0 radical (unpaired) electrons. The Morgan fingerprint density at radius 3 is 2.16 bits per heavy atom. The maximum atomic E-state index is 13.0. The number of rotatable bonds is 3. The van der Waals surface area contributed by atoms with Gasteiger partial charge in [-0.1, -0.05) is 24.3 Å². The van der Waals surface area contributed by atoms with E-state index in [-0.39, 0.29) is 34.4 Å². The average Bonchev–Trinajstić information content (AvgIpc) is 3.20. The zero-order valence-corrected chi connectivity index (χ0v) is 19.2. The molecular weight excluding hydrogens is 470 g/mol. The van der Waals surface area contributed by atoms with Crippen LogP contribution >= 0.6 is 15.9 Å². The first-order valence-electron chi connectivity index (χ1n) is 10.3. The monoisotopic (exact) mass is 493 g/mol. The lowest BCUT2D eigenvalue weighted by Crippen LogP contribution is -2.57. The van der Waals surface area contributed by atoms with Gasteiger partial charge in [0.2, 0.25) is 11.6 Å². The molecule has 0 bridgehead atoms. The highest BCUT2D eigenvalue weighted by atomic mass is 79.9. The molecule has 166 valence electrons. The van der Waals surface area contributed by atoms with E-state index in [9.17, 15) is 9.59 Å². The molecular formula is C22H24BrNO7. The van der Waals surface area contributed by atoms with Crippen LogP contribution in [0.2, 0.25) is 0 Å². The Morgan fingerprint density at radius 1 is 0.871 bits per heavy atom. The van der Waals surface area contributed by atoms with E-state index >= 15 is 0 Å². The van der Waals surface area contributed by atoms with Crippen molar-refractivity contribution in [3.05, 3.63) is 45.6 Å². The predicted molar refractivity (Wildman–Crippen MR) is 112 cm³/mol. The molecule has 0 unspecified atom stereocenters. The standard InChI is InChI=1S/C22H24BrNO7/c1-21(2)28-17-12(27-20-19(18(17)29-21)30-22(3,4)31-20)9-24-14-13(23)15(25)10-7-5-6-8-11(10)16(14)26/h5-8,12,17-20,24H,9H2,1-4H3/t12-,17+,18+,19-,20-/m1/s1. The minimum absolute atomic E-state index is 0.201. The van der Waals surface area contributed by atoms with Crippen LogP contribution in [0.1, 0.15) is 48.4 Å². The zero-order valence-electron chi connectivity index (χ0n) is 17.6. The summed E-state index contributed by atoms with van der Waals surface area (Å²) < 4.78 is 30.5. The van der Waals surface area contributed by atoms with Gasteiger partial charge in [0.25, 0.3) is 0 Å². The number of halogens is 1. The number of ketones is 2. The number of hydrogen-bond acceptors (Lipinski definition) is 8. The van der Waals surface area contributed by atoms with Crippen LogP contribution in [0.4, 0.5) is 0 Å². The summed E-state index contributed by atoms with van der Waals surface area (Å²) in [5, 5.41) is 3.11. The van der Waals surface area contributed by atoms with Gasteiger partial charge in [-0.2, -0.15) is 0 Å². The first kappa shape index (κ1) is 21.2. The molecule has 5 atom stereocenters. The first-order valence-corrected chi connectivity index (χ1v) is 11.0. The third-order valence-corrected chi connectivity index (χ3v) is 6.55. The smallest absolute Gasteiger partial charge is 0.210 e. The number of allylic oxidation sites excluding steroid dienone is 2. The Kier molecular flexibility index (Phi) is 4.93. The summed E-state index contributed by atoms with van der Waals surface area (Å²) >= 11 is 3.30. The summed E-state index contributed by atoms with van der Waals surface area (Å²) in [7, 11) is 0. The predicted octanol–water partition coefficient (Wildman–Crippen LogP) is 2.66. The van der Waals surface area contributed by atoms with Gasteiger partial charge in [0, 0.05) is 17.7 Å². The van der Waals surface area contributed by atoms with Crippen molar-refractivity contribution >= 4 is 27.5 Å². The van der Waals surface area contributed by atoms with E-state index in [2.05, 4.69) is 21.2 Å². The number of carbonyl (C=O) groups is 2. The molecule has 1 aromatic carbocycles. The van der Waals surface area contributed by atoms with Gasteiger partial charge in [-0.25, -0.2) is 0 Å². The van der Waals surface area contributed by atoms with Gasteiger partial charge in [-0.3, -0.25) is 9.59 Å². The lowest BCUT2D eigenvalue weighted by molar-refractivity contribution is -0.232. The van der Waals surface area contributed by atoms with Gasteiger partial charge >= 0.3 is 0 Å². The molecule has 9 heteroatoms. The Balaban J connectivity index is 1.38. The molecule has 0 aromatic heterocycles. The lowest BCUT2D eigenvalue weighted by Gasteiger charge is -2.37. The summed E-state index contributed by atoms with van der Waals surface area (Å²) in [5.41, 5.74) is 0.958. The summed E-state index contributed by atoms with van der Waals surface area (Å²) in [6.07, 6.45) is -2.35. The van der Waals surface area contributed by atoms with E-state index in [1.807, 2.05) is 27.7 Å². The summed E-state index contributed by atoms with van der Waals surface area (Å²) in [6, 6.07) is 6.77. The zero-order chi connectivity index (χ0) is 22.1. The number of Topliss-reactive ketones (excluding diaryl/α,β-unsaturated/α-hetero) is 2. The normalized spacial score (nSPS) is 35.6. The molecule has 0 amide bonds. The molecule has 4 aliphatic rings. The lowest BCUT2D eigenvalue weighted by atomic mass is 9.92. The molecule has 1 N–H and O–H groups in total. The topological polar surface area (TPSA) is 92.3 Å². The molecule has 5 rings (SSSR count). The number of nitrogens with one attached hydrogen (secondary N) is 1. The van der Waals surface area contributed by atoms with Crippen molar-refractivity contribution in [3.63, 3.8) is 0 Å². The number of fused-ring (bicyclic) bond motifs is 4. The van der Waals surface area contributed by atoms with Crippen LogP contribution in [0, 0.1) is 0 Å². The van der Waals surface area contributed by atoms with Gasteiger partial charge in [0.15, 0.2) is 17.9 Å². The molecule has 31 heavy (non-hydrogen) atoms.